The van der Waals surface area contributed by atoms with Gasteiger partial charge in [0, 0.05) is 29.4 Å². The fourth-order valence-corrected chi connectivity index (χ4v) is 3.07. The molecule has 0 aliphatic heterocycles. The number of hydrogen-bond acceptors (Lipinski definition) is 4. The predicted octanol–water partition coefficient (Wildman–Crippen LogP) is 5.04. The van der Waals surface area contributed by atoms with Gasteiger partial charge < -0.3 is 19.1 Å². The lowest BCUT2D eigenvalue weighted by atomic mass is 10.0. The third-order valence-corrected chi connectivity index (χ3v) is 4.31. The Bertz CT molecular complexity index is 753. The summed E-state index contributed by atoms with van der Waals surface area (Å²) in [6.07, 6.45) is 0.345. The van der Waals surface area contributed by atoms with E-state index in [9.17, 15) is 4.79 Å². The number of ether oxygens (including phenoxy) is 3. The topological polar surface area (TPSA) is 48.0 Å². The van der Waals surface area contributed by atoms with Crippen molar-refractivity contribution >= 4 is 16.9 Å². The van der Waals surface area contributed by atoms with E-state index < -0.39 is 0 Å². The molecule has 0 heterocycles. The van der Waals surface area contributed by atoms with Gasteiger partial charge in [0.05, 0.1) is 13.2 Å². The standard InChI is InChI=1S/C21H29NO4/c1-6-15-18(24-9-4)16-13-11-12-14-17(16)20(19(15)25-10-5)26-21(23)22(7-2)8-3/h11-14H,6-10H2,1-5H3. The number of fused-ring (bicyclic) bond motifs is 1. The van der Waals surface area contributed by atoms with Crippen molar-refractivity contribution in [1.29, 1.82) is 0 Å². The zero-order valence-corrected chi connectivity index (χ0v) is 16.4. The molecule has 0 bridgehead atoms. The molecule has 5 heteroatoms. The lowest BCUT2D eigenvalue weighted by molar-refractivity contribution is 0.155. The highest BCUT2D eigenvalue weighted by molar-refractivity contribution is 5.98. The van der Waals surface area contributed by atoms with Crippen LogP contribution in [0.5, 0.6) is 17.2 Å². The fourth-order valence-electron chi connectivity index (χ4n) is 3.07. The lowest BCUT2D eigenvalue weighted by Gasteiger charge is -2.23. The summed E-state index contributed by atoms with van der Waals surface area (Å²) in [5, 5.41) is 1.74. The Balaban J connectivity index is 2.72. The maximum atomic E-state index is 12.6. The Morgan fingerprint density at radius 3 is 1.88 bits per heavy atom. The van der Waals surface area contributed by atoms with Crippen molar-refractivity contribution in [2.75, 3.05) is 26.3 Å². The normalized spacial score (nSPS) is 10.7. The van der Waals surface area contributed by atoms with Crippen molar-refractivity contribution in [2.45, 2.75) is 41.0 Å². The Morgan fingerprint density at radius 1 is 0.846 bits per heavy atom. The highest BCUT2D eigenvalue weighted by Crippen LogP contribution is 2.46. The van der Waals surface area contributed by atoms with Gasteiger partial charge in [-0.1, -0.05) is 31.2 Å². The Hall–Kier alpha value is -2.43. The second-order valence-corrected chi connectivity index (χ2v) is 5.77. The molecule has 0 saturated heterocycles. The van der Waals surface area contributed by atoms with Crippen LogP contribution in [0.1, 0.15) is 40.2 Å². The van der Waals surface area contributed by atoms with Gasteiger partial charge in [-0.25, -0.2) is 4.79 Å². The molecule has 2 aromatic carbocycles. The average Bonchev–Trinajstić information content (AvgIpc) is 2.66. The molecule has 26 heavy (non-hydrogen) atoms. The summed E-state index contributed by atoms with van der Waals surface area (Å²) >= 11 is 0. The first kappa shape index (κ1) is 19.9. The van der Waals surface area contributed by atoms with Crippen LogP contribution < -0.4 is 14.2 Å². The average molecular weight is 359 g/mol. The number of benzene rings is 2. The van der Waals surface area contributed by atoms with E-state index in [1.807, 2.05) is 58.9 Å². The molecule has 5 nitrogen and oxygen atoms in total. The van der Waals surface area contributed by atoms with E-state index in [1.54, 1.807) is 4.90 Å². The third-order valence-electron chi connectivity index (χ3n) is 4.31. The molecular weight excluding hydrogens is 330 g/mol. The van der Waals surface area contributed by atoms with Gasteiger partial charge in [0.2, 0.25) is 0 Å². The number of carbonyl (C=O) groups is 1. The van der Waals surface area contributed by atoms with Crippen LogP contribution >= 0.6 is 0 Å². The number of hydrogen-bond donors (Lipinski definition) is 0. The molecule has 0 spiro atoms. The van der Waals surface area contributed by atoms with E-state index in [1.165, 1.54) is 0 Å². The van der Waals surface area contributed by atoms with Crippen molar-refractivity contribution in [3.8, 4) is 17.2 Å². The molecule has 0 aliphatic rings. The van der Waals surface area contributed by atoms with E-state index in [0.29, 0.717) is 44.2 Å². The van der Waals surface area contributed by atoms with Gasteiger partial charge in [-0.2, -0.15) is 0 Å². The summed E-state index contributed by atoms with van der Waals surface area (Å²) in [6.45, 7) is 12.0. The lowest BCUT2D eigenvalue weighted by Crippen LogP contribution is -2.33. The number of amides is 1. The molecule has 0 unspecified atom stereocenters. The van der Waals surface area contributed by atoms with Crippen LogP contribution in [-0.2, 0) is 6.42 Å². The molecule has 0 aromatic heterocycles. The predicted molar refractivity (Wildman–Crippen MR) is 105 cm³/mol. The van der Waals surface area contributed by atoms with Gasteiger partial charge in [-0.15, -0.1) is 0 Å². The molecule has 1 amide bonds. The Labute approximate surface area is 155 Å². The van der Waals surface area contributed by atoms with E-state index in [2.05, 4.69) is 0 Å². The van der Waals surface area contributed by atoms with Crippen LogP contribution in [0.25, 0.3) is 10.8 Å². The summed E-state index contributed by atoms with van der Waals surface area (Å²) in [5.41, 5.74) is 0.926. The van der Waals surface area contributed by atoms with Crippen LogP contribution in [0.2, 0.25) is 0 Å². The van der Waals surface area contributed by atoms with Crippen molar-refractivity contribution in [3.63, 3.8) is 0 Å². The quantitative estimate of drug-likeness (QED) is 0.662. The molecule has 0 aliphatic carbocycles. The van der Waals surface area contributed by atoms with Gasteiger partial charge >= 0.3 is 6.09 Å². The number of rotatable bonds is 8. The molecule has 0 N–H and O–H groups in total. The van der Waals surface area contributed by atoms with Gasteiger partial charge in [-0.3, -0.25) is 0 Å². The van der Waals surface area contributed by atoms with Crippen LogP contribution in [0.15, 0.2) is 24.3 Å². The molecule has 0 atom stereocenters. The SMILES string of the molecule is CCOc1c(CC)c(OCC)c2ccccc2c1OC(=O)N(CC)CC. The Morgan fingerprint density at radius 2 is 1.38 bits per heavy atom. The smallest absolute Gasteiger partial charge is 0.415 e. The monoisotopic (exact) mass is 359 g/mol. The fraction of sp³-hybridized carbons (Fsp3) is 0.476. The summed E-state index contributed by atoms with van der Waals surface area (Å²) in [4.78, 5) is 14.2. The molecule has 2 rings (SSSR count). The highest BCUT2D eigenvalue weighted by atomic mass is 16.6. The largest absolute Gasteiger partial charge is 0.493 e. The highest BCUT2D eigenvalue weighted by Gasteiger charge is 2.24. The van der Waals surface area contributed by atoms with Crippen LogP contribution in [0.3, 0.4) is 0 Å². The van der Waals surface area contributed by atoms with Crippen molar-refractivity contribution in [2.24, 2.45) is 0 Å². The minimum absolute atomic E-state index is 0.368. The first-order valence-corrected chi connectivity index (χ1v) is 9.42. The zero-order chi connectivity index (χ0) is 19.1. The molecular formula is C21H29NO4. The van der Waals surface area contributed by atoms with Crippen LogP contribution in [0, 0.1) is 0 Å². The second-order valence-electron chi connectivity index (χ2n) is 5.77. The number of carbonyl (C=O) groups excluding carboxylic acids is 1. The third kappa shape index (κ3) is 3.87. The Kier molecular flexibility index (Phi) is 7.13. The van der Waals surface area contributed by atoms with E-state index in [4.69, 9.17) is 14.2 Å². The minimum atomic E-state index is -0.368. The second kappa shape index (κ2) is 9.32. The molecule has 142 valence electrons. The summed E-state index contributed by atoms with van der Waals surface area (Å²) in [7, 11) is 0. The minimum Gasteiger partial charge on any atom is -0.493 e. The summed E-state index contributed by atoms with van der Waals surface area (Å²) < 4.78 is 17.7. The van der Waals surface area contributed by atoms with Crippen molar-refractivity contribution in [1.82, 2.24) is 4.90 Å². The molecule has 0 radical (unpaired) electrons. The van der Waals surface area contributed by atoms with E-state index in [0.717, 1.165) is 22.1 Å². The first-order chi connectivity index (χ1) is 12.6. The molecule has 0 fully saturated rings. The molecule has 2 aromatic rings. The van der Waals surface area contributed by atoms with Gasteiger partial charge in [0.15, 0.2) is 11.5 Å². The van der Waals surface area contributed by atoms with E-state index in [-0.39, 0.29) is 6.09 Å². The maximum Gasteiger partial charge on any atom is 0.415 e. The van der Waals surface area contributed by atoms with Gasteiger partial charge in [-0.05, 0) is 34.1 Å². The van der Waals surface area contributed by atoms with Crippen molar-refractivity contribution < 1.29 is 19.0 Å². The van der Waals surface area contributed by atoms with E-state index >= 15 is 0 Å². The molecule has 0 saturated carbocycles. The van der Waals surface area contributed by atoms with Gasteiger partial charge in [0.25, 0.3) is 0 Å². The summed E-state index contributed by atoms with van der Waals surface area (Å²) in [5.74, 6) is 1.87. The van der Waals surface area contributed by atoms with Crippen LogP contribution in [-0.4, -0.2) is 37.3 Å². The van der Waals surface area contributed by atoms with Crippen LogP contribution in [0.4, 0.5) is 4.79 Å². The van der Waals surface area contributed by atoms with Gasteiger partial charge in [0.1, 0.15) is 5.75 Å². The summed E-state index contributed by atoms with van der Waals surface area (Å²) in [6, 6.07) is 7.81. The number of nitrogens with zero attached hydrogens (tertiary/aromatic N) is 1. The van der Waals surface area contributed by atoms with Crippen molar-refractivity contribution in [3.05, 3.63) is 29.8 Å². The first-order valence-electron chi connectivity index (χ1n) is 9.42. The maximum absolute atomic E-state index is 12.6. The zero-order valence-electron chi connectivity index (χ0n) is 16.4.